The molecule has 0 radical (unpaired) electrons. The third-order valence-corrected chi connectivity index (χ3v) is 2.62. The maximum absolute atomic E-state index is 12.5. The number of halogens is 3. The number of nitrogens with one attached hydrogen (secondary N) is 2. The lowest BCUT2D eigenvalue weighted by Gasteiger charge is -2.11. The number of nitro benzene ring substituents is 1. The molecule has 0 saturated carbocycles. The standard InChI is InChI=1S/C12H8F3N3O4/c13-12(14,15)8-1-2-9(10(5-8)18(20)21)16-17-11(19)7-3-4-22-6-7/h1-6,16H,(H,17,19). The number of carbonyl (C=O) groups excluding carboxylic acids is 1. The van der Waals surface area contributed by atoms with E-state index >= 15 is 0 Å². The normalized spacial score (nSPS) is 11.0. The van der Waals surface area contributed by atoms with Gasteiger partial charge >= 0.3 is 6.18 Å². The predicted octanol–water partition coefficient (Wildman–Crippen LogP) is 2.96. The SMILES string of the molecule is O=C(NNc1ccc(C(F)(F)F)cc1[N+](=O)[O-])c1ccoc1. The van der Waals surface area contributed by atoms with E-state index in [-0.39, 0.29) is 11.3 Å². The average molecular weight is 315 g/mol. The minimum Gasteiger partial charge on any atom is -0.472 e. The van der Waals surface area contributed by atoms with Crippen LogP contribution < -0.4 is 10.9 Å². The summed E-state index contributed by atoms with van der Waals surface area (Å²) in [5.41, 5.74) is 2.21. The molecule has 0 spiro atoms. The number of carbonyl (C=O) groups is 1. The average Bonchev–Trinajstić information content (AvgIpc) is 2.97. The molecule has 7 nitrogen and oxygen atoms in total. The molecule has 1 heterocycles. The Kier molecular flexibility index (Phi) is 4.02. The van der Waals surface area contributed by atoms with Crippen LogP contribution in [0.5, 0.6) is 0 Å². The van der Waals surface area contributed by atoms with Crippen molar-refractivity contribution >= 4 is 17.3 Å². The first-order valence-corrected chi connectivity index (χ1v) is 5.73. The second-order valence-electron chi connectivity index (χ2n) is 4.08. The number of hydrogen-bond donors (Lipinski definition) is 2. The van der Waals surface area contributed by atoms with E-state index in [4.69, 9.17) is 0 Å². The number of amides is 1. The molecule has 0 bridgehead atoms. The van der Waals surface area contributed by atoms with Crippen molar-refractivity contribution in [2.24, 2.45) is 0 Å². The lowest BCUT2D eigenvalue weighted by molar-refractivity contribution is -0.384. The van der Waals surface area contributed by atoms with Gasteiger partial charge < -0.3 is 4.42 Å². The van der Waals surface area contributed by atoms with Crippen molar-refractivity contribution in [2.75, 3.05) is 5.43 Å². The first kappa shape index (κ1) is 15.4. The van der Waals surface area contributed by atoms with E-state index in [1.807, 2.05) is 0 Å². The molecule has 10 heteroatoms. The minimum atomic E-state index is -4.71. The van der Waals surface area contributed by atoms with E-state index in [0.717, 1.165) is 12.3 Å². The second kappa shape index (κ2) is 5.76. The van der Waals surface area contributed by atoms with Gasteiger partial charge in [-0.25, -0.2) is 0 Å². The lowest BCUT2D eigenvalue weighted by Crippen LogP contribution is -2.29. The van der Waals surface area contributed by atoms with Crippen LogP contribution in [0.25, 0.3) is 0 Å². The predicted molar refractivity (Wildman–Crippen MR) is 67.9 cm³/mol. The Balaban J connectivity index is 2.20. The summed E-state index contributed by atoms with van der Waals surface area (Å²) in [5.74, 6) is -0.664. The largest absolute Gasteiger partial charge is 0.472 e. The first-order chi connectivity index (χ1) is 10.3. The minimum absolute atomic E-state index is 0.141. The van der Waals surface area contributed by atoms with Gasteiger partial charge in [-0.05, 0) is 18.2 Å². The van der Waals surface area contributed by atoms with Crippen molar-refractivity contribution in [3.63, 3.8) is 0 Å². The third-order valence-electron chi connectivity index (χ3n) is 2.62. The Morgan fingerprint density at radius 1 is 1.27 bits per heavy atom. The molecule has 2 N–H and O–H groups in total. The summed E-state index contributed by atoms with van der Waals surface area (Å²) in [4.78, 5) is 21.5. The quantitative estimate of drug-likeness (QED) is 0.668. The highest BCUT2D eigenvalue weighted by molar-refractivity contribution is 5.94. The van der Waals surface area contributed by atoms with Crippen molar-refractivity contribution in [1.29, 1.82) is 0 Å². The van der Waals surface area contributed by atoms with Crippen LogP contribution in [-0.2, 0) is 6.18 Å². The number of hydrazine groups is 1. The van der Waals surface area contributed by atoms with Crippen molar-refractivity contribution in [3.05, 3.63) is 58.0 Å². The summed E-state index contributed by atoms with van der Waals surface area (Å²) in [7, 11) is 0. The number of nitrogens with zero attached hydrogens (tertiary/aromatic N) is 1. The molecular weight excluding hydrogens is 307 g/mol. The van der Waals surface area contributed by atoms with E-state index < -0.39 is 28.3 Å². The summed E-state index contributed by atoms with van der Waals surface area (Å²) in [5, 5.41) is 10.8. The van der Waals surface area contributed by atoms with Crippen molar-refractivity contribution in [1.82, 2.24) is 5.43 Å². The molecule has 1 aromatic carbocycles. The molecule has 1 aromatic heterocycles. The summed E-state index contributed by atoms with van der Waals surface area (Å²) in [6.07, 6.45) is -2.32. The second-order valence-corrected chi connectivity index (χ2v) is 4.08. The van der Waals surface area contributed by atoms with Crippen LogP contribution in [0.4, 0.5) is 24.5 Å². The van der Waals surface area contributed by atoms with Crippen molar-refractivity contribution in [3.8, 4) is 0 Å². The molecular formula is C12H8F3N3O4. The maximum atomic E-state index is 12.5. The lowest BCUT2D eigenvalue weighted by atomic mass is 10.1. The van der Waals surface area contributed by atoms with Gasteiger partial charge in [0.2, 0.25) is 0 Å². The van der Waals surface area contributed by atoms with Gasteiger partial charge in [0.15, 0.2) is 0 Å². The van der Waals surface area contributed by atoms with Crippen LogP contribution in [-0.4, -0.2) is 10.8 Å². The number of benzene rings is 1. The number of nitro groups is 1. The van der Waals surface area contributed by atoms with Gasteiger partial charge in [-0.15, -0.1) is 0 Å². The maximum Gasteiger partial charge on any atom is 0.416 e. The topological polar surface area (TPSA) is 97.4 Å². The number of hydrogen-bond acceptors (Lipinski definition) is 5. The zero-order valence-corrected chi connectivity index (χ0v) is 10.7. The zero-order valence-electron chi connectivity index (χ0n) is 10.7. The van der Waals surface area contributed by atoms with Crippen LogP contribution in [0.1, 0.15) is 15.9 Å². The van der Waals surface area contributed by atoms with Crippen molar-refractivity contribution < 1.29 is 27.3 Å². The highest BCUT2D eigenvalue weighted by Gasteiger charge is 2.33. The van der Waals surface area contributed by atoms with Crippen LogP contribution in [0.3, 0.4) is 0 Å². The fourth-order valence-corrected chi connectivity index (χ4v) is 1.55. The van der Waals surface area contributed by atoms with Crippen molar-refractivity contribution in [2.45, 2.75) is 6.18 Å². The Morgan fingerprint density at radius 3 is 2.55 bits per heavy atom. The van der Waals surface area contributed by atoms with Gasteiger partial charge in [-0.2, -0.15) is 13.2 Å². The highest BCUT2D eigenvalue weighted by atomic mass is 19.4. The molecule has 0 saturated heterocycles. The number of anilines is 1. The van der Waals surface area contributed by atoms with Gasteiger partial charge in [0.05, 0.1) is 22.3 Å². The number of alkyl halides is 3. The molecule has 0 aliphatic rings. The Morgan fingerprint density at radius 2 is 2.00 bits per heavy atom. The molecule has 0 fully saturated rings. The third kappa shape index (κ3) is 3.34. The summed E-state index contributed by atoms with van der Waals surface area (Å²) in [6, 6.07) is 3.25. The molecule has 0 aliphatic heterocycles. The van der Waals surface area contributed by atoms with E-state index in [1.165, 1.54) is 12.3 Å². The molecule has 0 atom stereocenters. The van der Waals surface area contributed by atoms with E-state index in [0.29, 0.717) is 12.1 Å². The van der Waals surface area contributed by atoms with Gasteiger partial charge in [-0.3, -0.25) is 25.8 Å². The molecule has 0 aliphatic carbocycles. The fourth-order valence-electron chi connectivity index (χ4n) is 1.55. The Hall–Kier alpha value is -3.04. The zero-order chi connectivity index (χ0) is 16.3. The number of furan rings is 1. The van der Waals surface area contributed by atoms with Crippen LogP contribution in [0.15, 0.2) is 41.2 Å². The summed E-state index contributed by atoms with van der Waals surface area (Å²) < 4.78 is 42.3. The molecule has 0 unspecified atom stereocenters. The molecule has 22 heavy (non-hydrogen) atoms. The Bertz CT molecular complexity index is 698. The summed E-state index contributed by atoms with van der Waals surface area (Å²) in [6.45, 7) is 0. The molecule has 2 rings (SSSR count). The van der Waals surface area contributed by atoms with Gasteiger partial charge in [0.25, 0.3) is 11.6 Å². The first-order valence-electron chi connectivity index (χ1n) is 5.73. The Labute approximate surface area is 120 Å². The van der Waals surface area contributed by atoms with Gasteiger partial charge in [-0.1, -0.05) is 0 Å². The molecule has 2 aromatic rings. The van der Waals surface area contributed by atoms with Gasteiger partial charge in [0.1, 0.15) is 12.0 Å². The van der Waals surface area contributed by atoms with Crippen LogP contribution in [0, 0.1) is 10.1 Å². The van der Waals surface area contributed by atoms with Crippen LogP contribution >= 0.6 is 0 Å². The fraction of sp³-hybridized carbons (Fsp3) is 0.0833. The van der Waals surface area contributed by atoms with Gasteiger partial charge in [0, 0.05) is 6.07 Å². The van der Waals surface area contributed by atoms with E-state index in [2.05, 4.69) is 15.3 Å². The highest BCUT2D eigenvalue weighted by Crippen LogP contribution is 2.34. The number of rotatable bonds is 4. The smallest absolute Gasteiger partial charge is 0.416 e. The molecule has 116 valence electrons. The monoisotopic (exact) mass is 315 g/mol. The van der Waals surface area contributed by atoms with E-state index in [9.17, 15) is 28.1 Å². The van der Waals surface area contributed by atoms with Crippen LogP contribution in [0.2, 0.25) is 0 Å². The summed E-state index contributed by atoms with van der Waals surface area (Å²) >= 11 is 0. The van der Waals surface area contributed by atoms with E-state index in [1.54, 1.807) is 0 Å². The molecule has 1 amide bonds.